The number of carbonyl (C=O) groups is 1. The van der Waals surface area contributed by atoms with Crippen LogP contribution in [0.5, 0.6) is 11.5 Å². The van der Waals surface area contributed by atoms with Crippen molar-refractivity contribution >= 4 is 72.2 Å². The number of ketones is 1. The van der Waals surface area contributed by atoms with Gasteiger partial charge < -0.3 is 14.6 Å². The first kappa shape index (κ1) is 30.0. The SMILES string of the molecule is COc1c(-c2c3c(cc4c2cc2ccc5cccc6ccc4c2c56)-c2ccc4c5c2C(=CCC=5C(O)C(C)(C)C=4)C3=O)ccc2c1C=CC(C)(C)O2. The Balaban J connectivity index is 1.34. The Hall–Kier alpha value is -5.71. The van der Waals surface area contributed by atoms with Crippen molar-refractivity contribution in [3.8, 4) is 33.8 Å². The maximum atomic E-state index is 15.3. The number of hydrogen-bond acceptors (Lipinski definition) is 4. The number of aliphatic hydroxyl groups is 1. The van der Waals surface area contributed by atoms with Gasteiger partial charge in [0, 0.05) is 33.2 Å². The molecule has 1 aliphatic heterocycles. The molecule has 4 aliphatic rings. The van der Waals surface area contributed by atoms with Gasteiger partial charge in [0.05, 0.1) is 18.8 Å². The summed E-state index contributed by atoms with van der Waals surface area (Å²) in [7, 11) is 1.70. The molecule has 0 saturated heterocycles. The van der Waals surface area contributed by atoms with Crippen LogP contribution in [0.4, 0.5) is 0 Å². The second-order valence-corrected chi connectivity index (χ2v) is 16.1. The molecule has 4 heteroatoms. The van der Waals surface area contributed by atoms with Crippen molar-refractivity contribution in [3.05, 3.63) is 118 Å². The second kappa shape index (κ2) is 9.78. The summed E-state index contributed by atoms with van der Waals surface area (Å²) < 4.78 is 12.7. The van der Waals surface area contributed by atoms with Crippen LogP contribution in [0.1, 0.15) is 55.6 Å². The van der Waals surface area contributed by atoms with Gasteiger partial charge >= 0.3 is 0 Å². The first-order valence-corrected chi connectivity index (χ1v) is 18.1. The number of fused-ring (bicyclic) bond motifs is 5. The Morgan fingerprint density at radius 3 is 2.35 bits per heavy atom. The van der Waals surface area contributed by atoms with E-state index < -0.39 is 17.1 Å². The van der Waals surface area contributed by atoms with Crippen molar-refractivity contribution in [3.63, 3.8) is 0 Å². The van der Waals surface area contributed by atoms with Gasteiger partial charge in [-0.15, -0.1) is 0 Å². The Labute approximate surface area is 300 Å². The number of aliphatic hydroxyl groups excluding tert-OH is 1. The molecular weight excluding hydrogens is 641 g/mol. The molecule has 1 N–H and O–H groups in total. The Morgan fingerprint density at radius 2 is 1.54 bits per heavy atom. The number of Topliss-reactive ketones (excluding diaryl/α,β-unsaturated/α-hetero) is 1. The highest BCUT2D eigenvalue weighted by molar-refractivity contribution is 6.40. The van der Waals surface area contributed by atoms with Crippen molar-refractivity contribution in [2.24, 2.45) is 5.41 Å². The number of rotatable bonds is 2. The fourth-order valence-corrected chi connectivity index (χ4v) is 9.78. The van der Waals surface area contributed by atoms with Gasteiger partial charge in [-0.05, 0) is 127 Å². The summed E-state index contributed by atoms with van der Waals surface area (Å²) in [6, 6.07) is 28.4. The zero-order valence-electron chi connectivity index (χ0n) is 29.8. The summed E-state index contributed by atoms with van der Waals surface area (Å²) >= 11 is 0. The van der Waals surface area contributed by atoms with Crippen molar-refractivity contribution in [1.82, 2.24) is 0 Å². The molecular formula is C48H36O4. The lowest BCUT2D eigenvalue weighted by Crippen LogP contribution is -2.46. The van der Waals surface area contributed by atoms with E-state index in [1.807, 2.05) is 19.9 Å². The van der Waals surface area contributed by atoms with Crippen LogP contribution in [0, 0.1) is 5.41 Å². The Kier molecular flexibility index (Phi) is 5.64. The first-order valence-electron chi connectivity index (χ1n) is 18.1. The molecule has 1 heterocycles. The third kappa shape index (κ3) is 3.72. The standard InChI is InChI=1S/C48H36O4/c1-47(2)23-27-12-14-29-36-22-34-28-13-11-25-8-6-7-24-9-10-26(39(28)38(24)25)21-35(34)42(32-17-18-37-30(45(32)51-5)19-20-48(3,4)52-37)43(36)44(49)31-15-16-33(46(47)50)40(27)41(29)31/h6-15,17-23,46,50H,16H2,1-5H3. The van der Waals surface area contributed by atoms with Gasteiger partial charge in [-0.3, -0.25) is 4.79 Å². The fraction of sp³-hybridized carbons (Fsp3) is 0.188. The summed E-state index contributed by atoms with van der Waals surface area (Å²) in [5, 5.41) is 23.0. The highest BCUT2D eigenvalue weighted by atomic mass is 16.5. The molecule has 0 saturated carbocycles. The molecule has 7 aromatic rings. The molecule has 0 fully saturated rings. The van der Waals surface area contributed by atoms with Gasteiger partial charge in [0.2, 0.25) is 0 Å². The minimum atomic E-state index is -0.628. The molecule has 252 valence electrons. The highest BCUT2D eigenvalue weighted by Crippen LogP contribution is 2.53. The van der Waals surface area contributed by atoms with E-state index in [4.69, 9.17) is 9.47 Å². The predicted molar refractivity (Wildman–Crippen MR) is 213 cm³/mol. The molecule has 52 heavy (non-hydrogen) atoms. The lowest BCUT2D eigenvalue weighted by Gasteiger charge is -2.36. The van der Waals surface area contributed by atoms with Crippen molar-refractivity contribution in [2.45, 2.75) is 45.8 Å². The number of hydrogen-bond donors (Lipinski definition) is 1. The van der Waals surface area contributed by atoms with Crippen LogP contribution in [-0.2, 0) is 0 Å². The van der Waals surface area contributed by atoms with E-state index in [-0.39, 0.29) is 5.78 Å². The van der Waals surface area contributed by atoms with Gasteiger partial charge in [0.15, 0.2) is 5.78 Å². The van der Waals surface area contributed by atoms with E-state index in [0.29, 0.717) is 23.3 Å². The summed E-state index contributed by atoms with van der Waals surface area (Å²) in [5.74, 6) is 1.44. The van der Waals surface area contributed by atoms with Gasteiger partial charge in [-0.25, -0.2) is 0 Å². The quantitative estimate of drug-likeness (QED) is 0.146. The summed E-state index contributed by atoms with van der Waals surface area (Å²) in [6.45, 7) is 8.24. The second-order valence-electron chi connectivity index (χ2n) is 16.1. The molecule has 0 amide bonds. The minimum absolute atomic E-state index is 0.00366. The van der Waals surface area contributed by atoms with Crippen LogP contribution in [0.2, 0.25) is 0 Å². The molecule has 7 aromatic carbocycles. The molecule has 0 spiro atoms. The van der Waals surface area contributed by atoms with Crippen molar-refractivity contribution in [2.75, 3.05) is 7.11 Å². The zero-order chi connectivity index (χ0) is 35.4. The number of allylic oxidation sites excluding steroid dienone is 2. The van der Waals surface area contributed by atoms with Crippen molar-refractivity contribution in [1.29, 1.82) is 0 Å². The lowest BCUT2D eigenvalue weighted by molar-refractivity contribution is 0.105. The van der Waals surface area contributed by atoms with E-state index in [0.717, 1.165) is 76.7 Å². The largest absolute Gasteiger partial charge is 0.495 e. The summed E-state index contributed by atoms with van der Waals surface area (Å²) in [4.78, 5) is 15.3. The molecule has 11 rings (SSSR count). The average molecular weight is 677 g/mol. The van der Waals surface area contributed by atoms with Crippen LogP contribution in [-0.4, -0.2) is 29.7 Å². The molecule has 3 aliphatic carbocycles. The van der Waals surface area contributed by atoms with Gasteiger partial charge in [0.1, 0.15) is 17.1 Å². The maximum absolute atomic E-state index is 15.3. The third-order valence-corrected chi connectivity index (χ3v) is 12.1. The van der Waals surface area contributed by atoms with Gasteiger partial charge in [-0.1, -0.05) is 80.6 Å². The topological polar surface area (TPSA) is 55.8 Å². The van der Waals surface area contributed by atoms with E-state index in [9.17, 15) is 5.11 Å². The molecule has 0 radical (unpaired) electrons. The lowest BCUT2D eigenvalue weighted by atomic mass is 9.69. The highest BCUT2D eigenvalue weighted by Gasteiger charge is 2.39. The zero-order valence-corrected chi connectivity index (χ0v) is 29.8. The van der Waals surface area contributed by atoms with Crippen LogP contribution in [0.25, 0.3) is 88.6 Å². The van der Waals surface area contributed by atoms with E-state index in [1.165, 1.54) is 21.5 Å². The first-order chi connectivity index (χ1) is 25.0. The number of methoxy groups -OCH3 is 1. The Morgan fingerprint density at radius 1 is 0.769 bits per heavy atom. The molecule has 1 atom stereocenters. The van der Waals surface area contributed by atoms with Gasteiger partial charge in [-0.2, -0.15) is 0 Å². The van der Waals surface area contributed by atoms with Crippen molar-refractivity contribution < 1.29 is 19.4 Å². The normalized spacial score (nSPS) is 19.0. The van der Waals surface area contributed by atoms with E-state index >= 15 is 4.79 Å². The number of benzene rings is 7. The minimum Gasteiger partial charge on any atom is -0.495 e. The number of ether oxygens (including phenoxy) is 2. The molecule has 4 nitrogen and oxygen atoms in total. The fourth-order valence-electron chi connectivity index (χ4n) is 9.78. The number of carbonyl (C=O) groups excluding carboxylic acids is 1. The predicted octanol–water partition coefficient (Wildman–Crippen LogP) is 9.58. The average Bonchev–Trinajstić information content (AvgIpc) is 3.13. The molecule has 0 aromatic heterocycles. The van der Waals surface area contributed by atoms with Crippen LogP contribution in [0.3, 0.4) is 0 Å². The summed E-state index contributed by atoms with van der Waals surface area (Å²) in [6.07, 6.45) is 8.28. The van der Waals surface area contributed by atoms with Gasteiger partial charge in [0.25, 0.3) is 0 Å². The van der Waals surface area contributed by atoms with Crippen LogP contribution >= 0.6 is 0 Å². The smallest absolute Gasteiger partial charge is 0.194 e. The van der Waals surface area contributed by atoms with E-state index in [2.05, 4.69) is 111 Å². The van der Waals surface area contributed by atoms with E-state index in [1.54, 1.807) is 7.11 Å². The molecule has 1 unspecified atom stereocenters. The molecule has 0 bridgehead atoms. The third-order valence-electron chi connectivity index (χ3n) is 12.1. The Bertz CT molecular complexity index is 3010. The monoisotopic (exact) mass is 676 g/mol. The maximum Gasteiger partial charge on any atom is 0.194 e. The summed E-state index contributed by atoms with van der Waals surface area (Å²) in [5.41, 5.74) is 7.00. The van der Waals surface area contributed by atoms with Crippen LogP contribution in [0.15, 0.2) is 91.0 Å². The van der Waals surface area contributed by atoms with Crippen LogP contribution < -0.4 is 19.9 Å².